The monoisotopic (exact) mass is 250 g/mol. The van der Waals surface area contributed by atoms with Gasteiger partial charge in [0.25, 0.3) is 0 Å². The highest BCUT2D eigenvalue weighted by molar-refractivity contribution is 7.99. The minimum atomic E-state index is -0.398. The van der Waals surface area contributed by atoms with Crippen LogP contribution in [-0.2, 0) is 6.42 Å². The van der Waals surface area contributed by atoms with Gasteiger partial charge in [0.15, 0.2) is 5.82 Å². The van der Waals surface area contributed by atoms with E-state index in [1.807, 2.05) is 6.92 Å². The number of pyridine rings is 1. The highest BCUT2D eigenvalue weighted by Crippen LogP contribution is 2.30. The second-order valence-corrected chi connectivity index (χ2v) is 4.27. The van der Waals surface area contributed by atoms with E-state index in [1.54, 1.807) is 18.3 Å². The normalized spacial score (nSPS) is 10.5. The molecule has 0 aliphatic heterocycles. The first kappa shape index (κ1) is 11.8. The van der Waals surface area contributed by atoms with Crippen molar-refractivity contribution in [3.63, 3.8) is 0 Å². The summed E-state index contributed by atoms with van der Waals surface area (Å²) in [6.07, 6.45) is 3.49. The van der Waals surface area contributed by atoms with Crippen LogP contribution in [0, 0.1) is 5.82 Å². The van der Waals surface area contributed by atoms with E-state index in [9.17, 15) is 4.39 Å². The van der Waals surface area contributed by atoms with Crippen LogP contribution in [0.5, 0.6) is 0 Å². The molecule has 2 aromatic rings. The van der Waals surface area contributed by atoms with E-state index in [4.69, 9.17) is 5.73 Å². The average Bonchev–Trinajstić information content (AvgIpc) is 2.34. The summed E-state index contributed by atoms with van der Waals surface area (Å²) in [5.41, 5.74) is 6.65. The van der Waals surface area contributed by atoms with Crippen molar-refractivity contribution in [2.45, 2.75) is 23.4 Å². The van der Waals surface area contributed by atoms with Crippen LogP contribution in [0.4, 0.5) is 10.1 Å². The maximum absolute atomic E-state index is 13.9. The van der Waals surface area contributed by atoms with Crippen LogP contribution >= 0.6 is 11.8 Å². The topological polar surface area (TPSA) is 64.7 Å². The van der Waals surface area contributed by atoms with Gasteiger partial charge in [0.2, 0.25) is 0 Å². The first-order chi connectivity index (χ1) is 8.22. The minimum absolute atomic E-state index is 0.252. The van der Waals surface area contributed by atoms with Crippen molar-refractivity contribution in [2.24, 2.45) is 0 Å². The molecule has 2 heterocycles. The lowest BCUT2D eigenvalue weighted by atomic mass is 10.3. The lowest BCUT2D eigenvalue weighted by molar-refractivity contribution is 0.559. The van der Waals surface area contributed by atoms with Gasteiger partial charge >= 0.3 is 0 Å². The van der Waals surface area contributed by atoms with E-state index in [0.29, 0.717) is 22.8 Å². The SMILES string of the molecule is CCc1ncnc(Sc2ncccc2N)c1F. The number of aryl methyl sites for hydroxylation is 1. The van der Waals surface area contributed by atoms with Crippen LogP contribution in [0.2, 0.25) is 0 Å². The van der Waals surface area contributed by atoms with Crippen LogP contribution in [0.1, 0.15) is 12.6 Å². The molecule has 0 spiro atoms. The van der Waals surface area contributed by atoms with Gasteiger partial charge in [-0.05, 0) is 30.3 Å². The van der Waals surface area contributed by atoms with Crippen LogP contribution in [0.3, 0.4) is 0 Å². The number of hydrogen-bond donors (Lipinski definition) is 1. The summed E-state index contributed by atoms with van der Waals surface area (Å²) < 4.78 is 13.9. The summed E-state index contributed by atoms with van der Waals surface area (Å²) in [7, 11) is 0. The molecular formula is C11H11FN4S. The van der Waals surface area contributed by atoms with Gasteiger partial charge in [-0.25, -0.2) is 19.3 Å². The molecule has 0 saturated heterocycles. The molecule has 2 N–H and O–H groups in total. The maximum Gasteiger partial charge on any atom is 0.177 e. The molecule has 0 fully saturated rings. The molecule has 88 valence electrons. The largest absolute Gasteiger partial charge is 0.397 e. The Bertz CT molecular complexity index is 533. The molecule has 0 radical (unpaired) electrons. The fourth-order valence-corrected chi connectivity index (χ4v) is 2.08. The van der Waals surface area contributed by atoms with E-state index in [2.05, 4.69) is 15.0 Å². The smallest absolute Gasteiger partial charge is 0.177 e. The minimum Gasteiger partial charge on any atom is -0.397 e. The third-order valence-corrected chi connectivity index (χ3v) is 3.17. The molecule has 0 aliphatic rings. The van der Waals surface area contributed by atoms with Crippen LogP contribution in [-0.4, -0.2) is 15.0 Å². The molecule has 0 saturated carbocycles. The number of nitrogen functional groups attached to an aromatic ring is 1. The van der Waals surface area contributed by atoms with Crippen molar-refractivity contribution in [1.82, 2.24) is 15.0 Å². The standard InChI is InChI=1S/C11H11FN4S/c1-2-8-9(12)11(16-6-15-8)17-10-7(13)4-3-5-14-10/h3-6H,2,13H2,1H3. The van der Waals surface area contributed by atoms with Gasteiger partial charge < -0.3 is 5.73 Å². The Labute approximate surface area is 103 Å². The highest BCUT2D eigenvalue weighted by Gasteiger charge is 2.12. The highest BCUT2D eigenvalue weighted by atomic mass is 32.2. The van der Waals surface area contributed by atoms with Crippen LogP contribution in [0.15, 0.2) is 34.7 Å². The maximum atomic E-state index is 13.9. The predicted molar refractivity (Wildman–Crippen MR) is 64.1 cm³/mol. The number of halogens is 1. The van der Waals surface area contributed by atoms with Gasteiger partial charge in [-0.2, -0.15) is 0 Å². The van der Waals surface area contributed by atoms with Gasteiger partial charge in [-0.15, -0.1) is 0 Å². The third kappa shape index (κ3) is 2.52. The van der Waals surface area contributed by atoms with Gasteiger partial charge in [0.1, 0.15) is 16.4 Å². The van der Waals surface area contributed by atoms with Gasteiger partial charge in [-0.1, -0.05) is 6.92 Å². The average molecular weight is 250 g/mol. The molecule has 0 unspecified atom stereocenters. The molecule has 17 heavy (non-hydrogen) atoms. The molecule has 6 heteroatoms. The predicted octanol–water partition coefficient (Wildman–Crippen LogP) is 2.31. The van der Waals surface area contributed by atoms with E-state index in [0.717, 1.165) is 11.8 Å². The Balaban J connectivity index is 2.34. The molecule has 0 bridgehead atoms. The number of hydrogen-bond acceptors (Lipinski definition) is 5. The second kappa shape index (κ2) is 5.09. The van der Waals surface area contributed by atoms with Crippen molar-refractivity contribution < 1.29 is 4.39 Å². The lowest BCUT2D eigenvalue weighted by Gasteiger charge is -2.05. The van der Waals surface area contributed by atoms with Crippen molar-refractivity contribution in [2.75, 3.05) is 5.73 Å². The summed E-state index contributed by atoms with van der Waals surface area (Å²) in [6.45, 7) is 1.84. The van der Waals surface area contributed by atoms with Crippen molar-refractivity contribution in [3.05, 3.63) is 36.2 Å². The Kier molecular flexibility index (Phi) is 3.53. The van der Waals surface area contributed by atoms with E-state index in [-0.39, 0.29) is 5.03 Å². The molecule has 0 aromatic carbocycles. The van der Waals surface area contributed by atoms with E-state index >= 15 is 0 Å². The summed E-state index contributed by atoms with van der Waals surface area (Å²) in [4.78, 5) is 11.9. The Morgan fingerprint density at radius 1 is 1.29 bits per heavy atom. The van der Waals surface area contributed by atoms with Crippen LogP contribution in [0.25, 0.3) is 0 Å². The number of aromatic nitrogens is 3. The Morgan fingerprint density at radius 3 is 2.82 bits per heavy atom. The molecular weight excluding hydrogens is 239 g/mol. The summed E-state index contributed by atoms with van der Waals surface area (Å²) >= 11 is 1.11. The zero-order valence-corrected chi connectivity index (χ0v) is 10.0. The third-order valence-electron chi connectivity index (χ3n) is 2.16. The molecule has 0 aliphatic carbocycles. The van der Waals surface area contributed by atoms with Gasteiger partial charge in [-0.3, -0.25) is 0 Å². The Morgan fingerprint density at radius 2 is 2.12 bits per heavy atom. The zero-order chi connectivity index (χ0) is 12.3. The van der Waals surface area contributed by atoms with Gasteiger partial charge in [0, 0.05) is 6.20 Å². The lowest BCUT2D eigenvalue weighted by Crippen LogP contribution is -1.99. The number of rotatable bonds is 3. The number of anilines is 1. The van der Waals surface area contributed by atoms with E-state index in [1.165, 1.54) is 6.33 Å². The van der Waals surface area contributed by atoms with Gasteiger partial charge in [0.05, 0.1) is 11.4 Å². The molecule has 2 rings (SSSR count). The van der Waals surface area contributed by atoms with Crippen molar-refractivity contribution >= 4 is 17.4 Å². The number of nitrogens with two attached hydrogens (primary N) is 1. The van der Waals surface area contributed by atoms with Crippen LogP contribution < -0.4 is 5.73 Å². The molecule has 4 nitrogen and oxygen atoms in total. The fraction of sp³-hybridized carbons (Fsp3) is 0.182. The van der Waals surface area contributed by atoms with E-state index < -0.39 is 5.82 Å². The first-order valence-electron chi connectivity index (χ1n) is 5.10. The van der Waals surface area contributed by atoms with Crippen molar-refractivity contribution in [3.8, 4) is 0 Å². The molecule has 0 atom stereocenters. The quantitative estimate of drug-likeness (QED) is 0.847. The number of nitrogens with zero attached hydrogens (tertiary/aromatic N) is 3. The molecule has 2 aromatic heterocycles. The zero-order valence-electron chi connectivity index (χ0n) is 9.22. The Hall–Kier alpha value is -1.69. The first-order valence-corrected chi connectivity index (χ1v) is 5.91. The van der Waals surface area contributed by atoms with Crippen molar-refractivity contribution in [1.29, 1.82) is 0 Å². The summed E-state index contributed by atoms with van der Waals surface area (Å²) in [5, 5.41) is 0.800. The molecule has 0 amide bonds. The summed E-state index contributed by atoms with van der Waals surface area (Å²) in [6, 6.07) is 3.45. The fourth-order valence-electron chi connectivity index (χ4n) is 1.29. The summed E-state index contributed by atoms with van der Waals surface area (Å²) in [5.74, 6) is -0.398. The second-order valence-electron chi connectivity index (χ2n) is 3.29.